The molecule has 0 heterocycles. The second-order valence-corrected chi connectivity index (χ2v) is 4.64. The van der Waals surface area contributed by atoms with Gasteiger partial charge in [0.15, 0.2) is 0 Å². The van der Waals surface area contributed by atoms with Gasteiger partial charge in [0.1, 0.15) is 0 Å². The molecule has 0 fully saturated rings. The van der Waals surface area contributed by atoms with E-state index < -0.39 is 11.9 Å². The van der Waals surface area contributed by atoms with Gasteiger partial charge in [0, 0.05) is 0 Å². The first-order chi connectivity index (χ1) is 8.61. The van der Waals surface area contributed by atoms with Gasteiger partial charge >= 0.3 is 11.9 Å². The second kappa shape index (κ2) is 7.69. The molecular formula is C14H20O4. The van der Waals surface area contributed by atoms with Crippen LogP contribution < -0.4 is 0 Å². The van der Waals surface area contributed by atoms with Crippen LogP contribution in [0.2, 0.25) is 0 Å². The fourth-order valence-corrected chi connectivity index (χ4v) is 2.04. The highest BCUT2D eigenvalue weighted by molar-refractivity contribution is 5.70. The van der Waals surface area contributed by atoms with Crippen molar-refractivity contribution in [2.24, 2.45) is 11.8 Å². The number of carbonyl (C=O) groups is 2. The van der Waals surface area contributed by atoms with Gasteiger partial charge in [0.25, 0.3) is 0 Å². The third-order valence-electron chi connectivity index (χ3n) is 3.24. The smallest absolute Gasteiger partial charge is 0.306 e. The van der Waals surface area contributed by atoms with Crippen molar-refractivity contribution in [3.05, 3.63) is 24.3 Å². The van der Waals surface area contributed by atoms with Gasteiger partial charge in [0.2, 0.25) is 0 Å². The number of aliphatic carboxylic acids is 2. The summed E-state index contributed by atoms with van der Waals surface area (Å²) in [7, 11) is 0. The van der Waals surface area contributed by atoms with Crippen LogP contribution in [0.3, 0.4) is 0 Å². The number of hydrogen-bond donors (Lipinski definition) is 2. The first kappa shape index (κ1) is 14.5. The van der Waals surface area contributed by atoms with Crippen LogP contribution in [0.15, 0.2) is 24.3 Å². The van der Waals surface area contributed by atoms with Gasteiger partial charge in [-0.15, -0.1) is 0 Å². The Morgan fingerprint density at radius 2 is 1.17 bits per heavy atom. The maximum Gasteiger partial charge on any atom is 0.306 e. The van der Waals surface area contributed by atoms with Gasteiger partial charge in [-0.2, -0.15) is 0 Å². The lowest BCUT2D eigenvalue weighted by atomic mass is 9.95. The highest BCUT2D eigenvalue weighted by Crippen LogP contribution is 2.18. The van der Waals surface area contributed by atoms with E-state index in [2.05, 4.69) is 0 Å². The topological polar surface area (TPSA) is 74.6 Å². The summed E-state index contributed by atoms with van der Waals surface area (Å²) in [5, 5.41) is 17.0. The van der Waals surface area contributed by atoms with E-state index in [1.807, 2.05) is 24.3 Å². The first-order valence-corrected chi connectivity index (χ1v) is 6.37. The molecular weight excluding hydrogens is 232 g/mol. The van der Waals surface area contributed by atoms with Gasteiger partial charge in [-0.25, -0.2) is 0 Å². The minimum absolute atomic E-state index is 0.116. The number of carboxylic acids is 2. The fraction of sp³-hybridized carbons (Fsp3) is 0.571. The Hall–Kier alpha value is -1.58. The molecule has 0 aromatic rings. The van der Waals surface area contributed by atoms with Crippen molar-refractivity contribution >= 4 is 11.9 Å². The van der Waals surface area contributed by atoms with E-state index in [4.69, 9.17) is 10.2 Å². The fourth-order valence-electron chi connectivity index (χ4n) is 2.04. The monoisotopic (exact) mass is 252 g/mol. The molecule has 2 rings (SSSR count). The van der Waals surface area contributed by atoms with Crippen molar-refractivity contribution in [2.75, 3.05) is 0 Å². The largest absolute Gasteiger partial charge is 0.481 e. The Morgan fingerprint density at radius 3 is 1.33 bits per heavy atom. The molecule has 0 aliphatic heterocycles. The molecule has 0 amide bonds. The third-order valence-corrected chi connectivity index (χ3v) is 3.24. The van der Waals surface area contributed by atoms with E-state index in [-0.39, 0.29) is 11.8 Å². The summed E-state index contributed by atoms with van der Waals surface area (Å²) in [5.41, 5.74) is 0. The average molecular weight is 252 g/mol. The normalized spacial score (nSPS) is 26.0. The van der Waals surface area contributed by atoms with Crippen LogP contribution in [0, 0.1) is 11.8 Å². The van der Waals surface area contributed by atoms with E-state index in [0.717, 1.165) is 38.5 Å². The summed E-state index contributed by atoms with van der Waals surface area (Å²) in [5.74, 6) is -1.54. The Labute approximate surface area is 107 Å². The zero-order valence-corrected chi connectivity index (χ0v) is 10.4. The molecule has 0 aromatic heterocycles. The molecule has 2 N–H and O–H groups in total. The molecule has 4 heteroatoms. The molecule has 4 nitrogen and oxygen atoms in total. The highest BCUT2D eigenvalue weighted by atomic mass is 16.4. The second-order valence-electron chi connectivity index (χ2n) is 4.64. The minimum atomic E-state index is -0.653. The van der Waals surface area contributed by atoms with Crippen molar-refractivity contribution < 1.29 is 19.8 Å². The number of rotatable bonds is 2. The lowest BCUT2D eigenvalue weighted by molar-refractivity contribution is -0.142. The standard InChI is InChI=1S/2C7H10O2/c2*8-7(9)6-4-2-1-3-5-6/h2*1-2,6H,3-5H2,(H,8,9). The van der Waals surface area contributed by atoms with E-state index in [9.17, 15) is 9.59 Å². The SMILES string of the molecule is O=C(O)C1CC=CCC1.O=C(O)C1CC=CCC1. The van der Waals surface area contributed by atoms with Crippen LogP contribution in [-0.4, -0.2) is 22.2 Å². The maximum absolute atomic E-state index is 10.3. The van der Waals surface area contributed by atoms with Gasteiger partial charge in [-0.3, -0.25) is 9.59 Å². The molecule has 0 saturated heterocycles. The molecule has 0 radical (unpaired) electrons. The predicted molar refractivity (Wildman–Crippen MR) is 68.2 cm³/mol. The van der Waals surface area contributed by atoms with E-state index >= 15 is 0 Å². The Kier molecular flexibility index (Phi) is 6.19. The Bertz CT molecular complexity index is 310. The highest BCUT2D eigenvalue weighted by Gasteiger charge is 2.17. The maximum atomic E-state index is 10.3. The quantitative estimate of drug-likeness (QED) is 0.741. The Balaban J connectivity index is 0.000000180. The third kappa shape index (κ3) is 5.17. The van der Waals surface area contributed by atoms with Crippen LogP contribution in [-0.2, 0) is 9.59 Å². The van der Waals surface area contributed by atoms with Crippen molar-refractivity contribution in [2.45, 2.75) is 38.5 Å². The molecule has 2 atom stereocenters. The van der Waals surface area contributed by atoms with Gasteiger partial charge in [0.05, 0.1) is 11.8 Å². The number of allylic oxidation sites excluding steroid dienone is 4. The summed E-state index contributed by atoms with van der Waals surface area (Å²) in [6.45, 7) is 0. The molecule has 0 aromatic carbocycles. The Morgan fingerprint density at radius 1 is 0.778 bits per heavy atom. The van der Waals surface area contributed by atoms with Gasteiger partial charge in [-0.05, 0) is 38.5 Å². The van der Waals surface area contributed by atoms with Crippen molar-refractivity contribution in [3.63, 3.8) is 0 Å². The van der Waals surface area contributed by atoms with Crippen LogP contribution in [0.1, 0.15) is 38.5 Å². The first-order valence-electron chi connectivity index (χ1n) is 6.37. The van der Waals surface area contributed by atoms with Crippen LogP contribution in [0.4, 0.5) is 0 Å². The zero-order chi connectivity index (χ0) is 13.4. The van der Waals surface area contributed by atoms with Crippen LogP contribution >= 0.6 is 0 Å². The van der Waals surface area contributed by atoms with E-state index in [1.165, 1.54) is 0 Å². The van der Waals surface area contributed by atoms with E-state index in [1.54, 1.807) is 0 Å². The molecule has 2 aliphatic rings. The summed E-state index contributed by atoms with van der Waals surface area (Å²) in [6, 6.07) is 0. The molecule has 2 unspecified atom stereocenters. The van der Waals surface area contributed by atoms with Crippen molar-refractivity contribution in [1.29, 1.82) is 0 Å². The average Bonchev–Trinajstić information content (AvgIpc) is 2.41. The molecule has 2 aliphatic carbocycles. The van der Waals surface area contributed by atoms with Crippen molar-refractivity contribution in [1.82, 2.24) is 0 Å². The van der Waals surface area contributed by atoms with E-state index in [0.29, 0.717) is 0 Å². The lowest BCUT2D eigenvalue weighted by Gasteiger charge is -2.11. The summed E-state index contributed by atoms with van der Waals surface area (Å²) >= 11 is 0. The predicted octanol–water partition coefficient (Wildman–Crippen LogP) is 2.85. The minimum Gasteiger partial charge on any atom is -0.481 e. The van der Waals surface area contributed by atoms with Crippen molar-refractivity contribution in [3.8, 4) is 0 Å². The molecule has 100 valence electrons. The van der Waals surface area contributed by atoms with Crippen LogP contribution in [0.5, 0.6) is 0 Å². The van der Waals surface area contributed by atoms with Gasteiger partial charge in [-0.1, -0.05) is 24.3 Å². The van der Waals surface area contributed by atoms with Gasteiger partial charge < -0.3 is 10.2 Å². The lowest BCUT2D eigenvalue weighted by Crippen LogP contribution is -2.13. The summed E-state index contributed by atoms with van der Waals surface area (Å²) in [4.78, 5) is 20.6. The van der Waals surface area contributed by atoms with Crippen LogP contribution in [0.25, 0.3) is 0 Å². The molecule has 0 spiro atoms. The molecule has 0 bridgehead atoms. The summed E-state index contributed by atoms with van der Waals surface area (Å²) in [6.07, 6.45) is 12.9. The molecule has 0 saturated carbocycles. The number of carboxylic acid groups (broad SMARTS) is 2. The number of hydrogen-bond acceptors (Lipinski definition) is 2. The molecule has 18 heavy (non-hydrogen) atoms. The summed E-state index contributed by atoms with van der Waals surface area (Å²) < 4.78 is 0. The zero-order valence-electron chi connectivity index (χ0n) is 10.4.